The lowest BCUT2D eigenvalue weighted by Crippen LogP contribution is -2.19. The molecule has 21 heavy (non-hydrogen) atoms. The lowest BCUT2D eigenvalue weighted by atomic mass is 10.1. The summed E-state index contributed by atoms with van der Waals surface area (Å²) in [4.78, 5) is 4.04. The summed E-state index contributed by atoms with van der Waals surface area (Å²) in [5, 5.41) is 0.226. The van der Waals surface area contributed by atoms with Crippen molar-refractivity contribution >= 4 is 44.6 Å². The molecule has 0 bridgehead atoms. The van der Waals surface area contributed by atoms with Crippen molar-refractivity contribution in [1.29, 1.82) is 0 Å². The average molecular weight is 342 g/mol. The summed E-state index contributed by atoms with van der Waals surface area (Å²) in [6, 6.07) is 9.97. The number of pyridine rings is 1. The third-order valence-electron chi connectivity index (χ3n) is 2.64. The quantitative estimate of drug-likeness (QED) is 0.815. The zero-order valence-electron chi connectivity index (χ0n) is 10.8. The molecule has 0 aliphatic carbocycles. The molecule has 0 saturated heterocycles. The van der Waals surface area contributed by atoms with Gasteiger partial charge in [0.2, 0.25) is 10.0 Å². The molecule has 5 nitrogen and oxygen atoms in total. The number of rotatable bonds is 5. The van der Waals surface area contributed by atoms with Crippen molar-refractivity contribution in [1.82, 2.24) is 4.98 Å². The fourth-order valence-electron chi connectivity index (χ4n) is 1.74. The van der Waals surface area contributed by atoms with E-state index in [4.69, 9.17) is 29.6 Å². The third kappa shape index (κ3) is 4.13. The first-order valence-corrected chi connectivity index (χ1v) is 8.31. The molecule has 2 aromatic rings. The maximum Gasteiger partial charge on any atom is 0.238 e. The van der Waals surface area contributed by atoms with Crippen LogP contribution in [0.25, 0.3) is 0 Å². The van der Waals surface area contributed by atoms with Crippen molar-refractivity contribution < 1.29 is 8.42 Å². The van der Waals surface area contributed by atoms with Gasteiger partial charge in [-0.25, -0.2) is 13.4 Å². The summed E-state index contributed by atoms with van der Waals surface area (Å²) in [6.07, 6.45) is 1.45. The van der Waals surface area contributed by atoms with Gasteiger partial charge in [-0.2, -0.15) is 0 Å². The minimum absolute atomic E-state index is 0.0898. The number of nitrogens with zero attached hydrogens (tertiary/aromatic N) is 1. The Morgan fingerprint density at radius 3 is 2.67 bits per heavy atom. The van der Waals surface area contributed by atoms with Gasteiger partial charge in [0, 0.05) is 11.8 Å². The molecule has 0 unspecified atom stereocenters. The predicted molar refractivity (Wildman–Crippen MR) is 87.8 cm³/mol. The first-order valence-electron chi connectivity index (χ1n) is 5.88. The SMILES string of the molecule is NC(=S)c1ccccc1CS(=O)(=O)Nc1ncccc1Cl. The second-order valence-electron chi connectivity index (χ2n) is 4.22. The van der Waals surface area contributed by atoms with E-state index < -0.39 is 10.0 Å². The number of nitrogens with one attached hydrogen (secondary N) is 1. The number of benzene rings is 1. The Bertz CT molecular complexity index is 778. The number of hydrogen-bond acceptors (Lipinski definition) is 4. The lowest BCUT2D eigenvalue weighted by molar-refractivity contribution is 0.600. The molecule has 1 aromatic carbocycles. The number of halogens is 1. The van der Waals surface area contributed by atoms with Crippen LogP contribution in [0.3, 0.4) is 0 Å². The van der Waals surface area contributed by atoms with Crippen LogP contribution in [0.2, 0.25) is 5.02 Å². The van der Waals surface area contributed by atoms with E-state index in [1.165, 1.54) is 6.20 Å². The first kappa shape index (κ1) is 15.7. The van der Waals surface area contributed by atoms with E-state index in [9.17, 15) is 8.42 Å². The van der Waals surface area contributed by atoms with Gasteiger partial charge in [-0.05, 0) is 17.7 Å². The fraction of sp³-hybridized carbons (Fsp3) is 0.0769. The Morgan fingerprint density at radius 2 is 2.00 bits per heavy atom. The highest BCUT2D eigenvalue weighted by atomic mass is 35.5. The van der Waals surface area contributed by atoms with Crippen LogP contribution in [0.1, 0.15) is 11.1 Å². The highest BCUT2D eigenvalue weighted by molar-refractivity contribution is 7.91. The Morgan fingerprint density at radius 1 is 1.29 bits per heavy atom. The predicted octanol–water partition coefficient (Wildman–Crippen LogP) is 2.31. The Kier molecular flexibility index (Phi) is 4.76. The molecular formula is C13H12ClN3O2S2. The van der Waals surface area contributed by atoms with Crippen LogP contribution in [0, 0.1) is 0 Å². The maximum absolute atomic E-state index is 12.2. The summed E-state index contributed by atoms with van der Waals surface area (Å²) < 4.78 is 26.8. The monoisotopic (exact) mass is 341 g/mol. The zero-order chi connectivity index (χ0) is 15.5. The molecular weight excluding hydrogens is 330 g/mol. The van der Waals surface area contributed by atoms with Gasteiger partial charge in [-0.3, -0.25) is 4.72 Å². The molecule has 0 aliphatic rings. The molecule has 0 atom stereocenters. The van der Waals surface area contributed by atoms with Gasteiger partial charge in [0.05, 0.1) is 10.8 Å². The second kappa shape index (κ2) is 6.38. The van der Waals surface area contributed by atoms with E-state index in [1.807, 2.05) is 0 Å². The highest BCUT2D eigenvalue weighted by Crippen LogP contribution is 2.20. The Balaban J connectivity index is 2.27. The van der Waals surface area contributed by atoms with Crippen LogP contribution in [0.4, 0.5) is 5.82 Å². The topological polar surface area (TPSA) is 85.1 Å². The van der Waals surface area contributed by atoms with E-state index in [0.29, 0.717) is 11.1 Å². The van der Waals surface area contributed by atoms with Crippen molar-refractivity contribution in [2.24, 2.45) is 5.73 Å². The second-order valence-corrected chi connectivity index (χ2v) is 6.79. The maximum atomic E-state index is 12.2. The van der Waals surface area contributed by atoms with Crippen molar-refractivity contribution in [2.75, 3.05) is 4.72 Å². The molecule has 110 valence electrons. The molecule has 0 spiro atoms. The van der Waals surface area contributed by atoms with Crippen LogP contribution in [-0.2, 0) is 15.8 Å². The Labute approximate surface area is 133 Å². The lowest BCUT2D eigenvalue weighted by Gasteiger charge is -2.11. The molecule has 0 fully saturated rings. The fourth-order valence-corrected chi connectivity index (χ4v) is 3.35. The third-order valence-corrected chi connectivity index (χ3v) is 4.36. The molecule has 1 aromatic heterocycles. The van der Waals surface area contributed by atoms with Gasteiger partial charge < -0.3 is 5.73 Å². The zero-order valence-corrected chi connectivity index (χ0v) is 13.2. The minimum Gasteiger partial charge on any atom is -0.389 e. The largest absolute Gasteiger partial charge is 0.389 e. The average Bonchev–Trinajstić information content (AvgIpc) is 2.41. The van der Waals surface area contributed by atoms with E-state index >= 15 is 0 Å². The van der Waals surface area contributed by atoms with Crippen molar-refractivity contribution in [3.05, 3.63) is 58.7 Å². The van der Waals surface area contributed by atoms with Gasteiger partial charge in [-0.15, -0.1) is 0 Å². The summed E-state index contributed by atoms with van der Waals surface area (Å²) in [5.74, 6) is -0.181. The van der Waals surface area contributed by atoms with E-state index in [2.05, 4.69) is 9.71 Å². The smallest absolute Gasteiger partial charge is 0.238 e. The molecule has 0 radical (unpaired) electrons. The van der Waals surface area contributed by atoms with Crippen LogP contribution >= 0.6 is 23.8 Å². The van der Waals surface area contributed by atoms with E-state index in [-0.39, 0.29) is 21.6 Å². The van der Waals surface area contributed by atoms with E-state index in [1.54, 1.807) is 36.4 Å². The molecule has 0 saturated carbocycles. The standard InChI is InChI=1S/C13H12ClN3O2S2/c14-11-6-3-7-16-13(11)17-21(18,19)8-9-4-1-2-5-10(9)12(15)20/h1-7H,8H2,(H2,15,20)(H,16,17). The number of sulfonamides is 1. The summed E-state index contributed by atoms with van der Waals surface area (Å²) in [7, 11) is -3.68. The molecule has 0 amide bonds. The first-order chi connectivity index (χ1) is 9.89. The summed E-state index contributed by atoms with van der Waals surface area (Å²) in [5.41, 5.74) is 6.64. The van der Waals surface area contributed by atoms with Crippen LogP contribution < -0.4 is 10.5 Å². The van der Waals surface area contributed by atoms with Crippen molar-refractivity contribution in [3.63, 3.8) is 0 Å². The van der Waals surface area contributed by atoms with Gasteiger partial charge in [-0.1, -0.05) is 48.1 Å². The summed E-state index contributed by atoms with van der Waals surface area (Å²) >= 11 is 10.8. The normalized spacial score (nSPS) is 11.1. The van der Waals surface area contributed by atoms with Gasteiger partial charge >= 0.3 is 0 Å². The Hall–Kier alpha value is -1.70. The van der Waals surface area contributed by atoms with Crippen LogP contribution in [0.5, 0.6) is 0 Å². The number of aromatic nitrogens is 1. The molecule has 8 heteroatoms. The number of thiocarbonyl (C=S) groups is 1. The minimum atomic E-state index is -3.68. The van der Waals surface area contributed by atoms with Gasteiger partial charge in [0.25, 0.3) is 0 Å². The van der Waals surface area contributed by atoms with Crippen molar-refractivity contribution in [3.8, 4) is 0 Å². The van der Waals surface area contributed by atoms with Crippen LogP contribution in [-0.4, -0.2) is 18.4 Å². The van der Waals surface area contributed by atoms with Crippen LogP contribution in [0.15, 0.2) is 42.6 Å². The summed E-state index contributed by atoms with van der Waals surface area (Å²) in [6.45, 7) is 0. The molecule has 0 aliphatic heterocycles. The molecule has 1 heterocycles. The van der Waals surface area contributed by atoms with Gasteiger partial charge in [0.1, 0.15) is 4.99 Å². The number of hydrogen-bond donors (Lipinski definition) is 2. The number of nitrogens with two attached hydrogens (primary N) is 1. The van der Waals surface area contributed by atoms with Gasteiger partial charge in [0.15, 0.2) is 5.82 Å². The molecule has 3 N–H and O–H groups in total. The number of anilines is 1. The van der Waals surface area contributed by atoms with E-state index in [0.717, 1.165) is 0 Å². The highest BCUT2D eigenvalue weighted by Gasteiger charge is 2.17. The molecule has 2 rings (SSSR count). The van der Waals surface area contributed by atoms with Crippen molar-refractivity contribution in [2.45, 2.75) is 5.75 Å².